The molecule has 4 nitrogen and oxygen atoms in total. The van der Waals surface area contributed by atoms with Crippen LogP contribution in [0.2, 0.25) is 0 Å². The molecule has 1 aromatic carbocycles. The second-order valence-electron chi connectivity index (χ2n) is 7.86. The first-order valence-corrected chi connectivity index (χ1v) is 10.3. The van der Waals surface area contributed by atoms with Crippen molar-refractivity contribution in [2.24, 2.45) is 11.3 Å². The summed E-state index contributed by atoms with van der Waals surface area (Å²) >= 11 is 5.06. The van der Waals surface area contributed by atoms with E-state index >= 15 is 0 Å². The number of carbonyl (C=O) groups is 1. The normalized spacial score (nSPS) is 25.1. The van der Waals surface area contributed by atoms with Gasteiger partial charge in [0.25, 0.3) is 0 Å². The average Bonchev–Trinajstić information content (AvgIpc) is 3.03. The number of aromatic nitrogens is 1. The highest BCUT2D eigenvalue weighted by Crippen LogP contribution is 2.51. The minimum absolute atomic E-state index is 0.193. The number of aliphatic hydroxyl groups is 1. The molecular weight excluding hydrogens is 414 g/mol. The van der Waals surface area contributed by atoms with Crippen molar-refractivity contribution in [1.82, 2.24) is 4.98 Å². The first kappa shape index (κ1) is 19.5. The van der Waals surface area contributed by atoms with Crippen LogP contribution in [0.25, 0.3) is 10.4 Å². The monoisotopic (exact) mass is 437 g/mol. The van der Waals surface area contributed by atoms with Crippen LogP contribution < -0.4 is 0 Å². The van der Waals surface area contributed by atoms with Crippen LogP contribution in [-0.2, 0) is 15.1 Å². The fourth-order valence-corrected chi connectivity index (χ4v) is 5.63. The highest BCUT2D eigenvalue weighted by Gasteiger charge is 2.49. The molecular formula is C20H24BrNO3S. The molecule has 2 atom stereocenters. The number of hydrogen-bond donors (Lipinski definition) is 1. The first-order chi connectivity index (χ1) is 12.1. The summed E-state index contributed by atoms with van der Waals surface area (Å²) < 4.78 is 5.97. The summed E-state index contributed by atoms with van der Waals surface area (Å²) in [6, 6.07) is 6.24. The van der Waals surface area contributed by atoms with Crippen molar-refractivity contribution in [2.45, 2.75) is 45.6 Å². The van der Waals surface area contributed by atoms with Crippen molar-refractivity contribution in [3.8, 4) is 10.4 Å². The lowest BCUT2D eigenvalue weighted by molar-refractivity contribution is -0.157. The third-order valence-electron chi connectivity index (χ3n) is 5.25. The number of thiazole rings is 1. The molecule has 0 amide bonds. The van der Waals surface area contributed by atoms with E-state index in [-0.39, 0.29) is 17.3 Å². The van der Waals surface area contributed by atoms with Crippen LogP contribution >= 0.6 is 27.3 Å². The number of carbonyl (C=O) groups excluding carboxylic acids is 1. The topological polar surface area (TPSA) is 59.4 Å². The van der Waals surface area contributed by atoms with E-state index in [2.05, 4.69) is 46.0 Å². The maximum absolute atomic E-state index is 12.1. The van der Waals surface area contributed by atoms with Crippen LogP contribution in [0.3, 0.4) is 0 Å². The lowest BCUT2D eigenvalue weighted by atomic mass is 9.63. The Morgan fingerprint density at radius 1 is 1.38 bits per heavy atom. The maximum Gasteiger partial charge on any atom is 0.309 e. The van der Waals surface area contributed by atoms with Crippen molar-refractivity contribution in [3.63, 3.8) is 0 Å². The molecule has 0 bridgehead atoms. The van der Waals surface area contributed by atoms with E-state index in [0.29, 0.717) is 19.3 Å². The molecule has 6 heteroatoms. The van der Waals surface area contributed by atoms with Gasteiger partial charge in [-0.05, 0) is 54.9 Å². The minimum atomic E-state index is -1.00. The van der Waals surface area contributed by atoms with Gasteiger partial charge in [0.05, 0.1) is 17.9 Å². The number of nitrogens with zero attached hydrogens (tertiary/aromatic N) is 1. The van der Waals surface area contributed by atoms with Gasteiger partial charge in [0.2, 0.25) is 0 Å². The lowest BCUT2D eigenvalue weighted by Crippen LogP contribution is -2.45. The Morgan fingerprint density at radius 2 is 2.12 bits per heavy atom. The summed E-state index contributed by atoms with van der Waals surface area (Å²) in [6.07, 6.45) is 3.44. The van der Waals surface area contributed by atoms with Gasteiger partial charge in [-0.3, -0.25) is 4.79 Å². The molecule has 1 fully saturated rings. The van der Waals surface area contributed by atoms with Crippen LogP contribution in [-0.4, -0.2) is 23.2 Å². The third-order valence-corrected chi connectivity index (χ3v) is 6.95. The molecule has 0 aliphatic heterocycles. The van der Waals surface area contributed by atoms with E-state index < -0.39 is 5.60 Å². The number of hydrogen-bond acceptors (Lipinski definition) is 5. The molecule has 0 spiro atoms. The zero-order chi connectivity index (χ0) is 19.1. The van der Waals surface area contributed by atoms with Gasteiger partial charge < -0.3 is 9.84 Å². The molecule has 1 aliphatic rings. The number of esters is 1. The molecule has 26 heavy (non-hydrogen) atoms. The summed E-state index contributed by atoms with van der Waals surface area (Å²) in [6.45, 7) is 6.09. The Kier molecular flexibility index (Phi) is 5.30. The van der Waals surface area contributed by atoms with Gasteiger partial charge in [0.15, 0.2) is 0 Å². The highest BCUT2D eigenvalue weighted by atomic mass is 79.9. The average molecular weight is 438 g/mol. The molecule has 0 radical (unpaired) electrons. The van der Waals surface area contributed by atoms with E-state index in [4.69, 9.17) is 4.74 Å². The van der Waals surface area contributed by atoms with Crippen LogP contribution in [0.5, 0.6) is 0 Å². The summed E-state index contributed by atoms with van der Waals surface area (Å²) in [5, 5.41) is 12.0. The summed E-state index contributed by atoms with van der Waals surface area (Å²) in [5.41, 5.74) is 0.908. The van der Waals surface area contributed by atoms with E-state index in [0.717, 1.165) is 19.9 Å². The number of halogens is 1. The van der Waals surface area contributed by atoms with Crippen LogP contribution in [0.4, 0.5) is 0 Å². The SMILES string of the molecule is COC(=O)C1CCC(O)(c2ncc(-c3cc(C)cc(Br)c3)s2)CC1(C)C. The molecule has 3 rings (SSSR count). The standard InChI is InChI=1S/C20H24BrNO3S/c1-12-7-13(9-14(21)8-12)16-10-22-18(26-16)20(24)6-5-15(17(23)25-4)19(2,3)11-20/h7-10,15,24H,5-6,11H2,1-4H3. The summed E-state index contributed by atoms with van der Waals surface area (Å²) in [5.74, 6) is -0.388. The Morgan fingerprint density at radius 3 is 2.73 bits per heavy atom. The van der Waals surface area contributed by atoms with Gasteiger partial charge in [-0.2, -0.15) is 0 Å². The van der Waals surface area contributed by atoms with E-state index in [1.807, 2.05) is 20.0 Å². The third kappa shape index (κ3) is 3.73. The zero-order valence-electron chi connectivity index (χ0n) is 15.5. The number of methoxy groups -OCH3 is 1. The Balaban J connectivity index is 1.88. The summed E-state index contributed by atoms with van der Waals surface area (Å²) in [7, 11) is 1.42. The van der Waals surface area contributed by atoms with Crippen LogP contribution in [0.1, 0.15) is 43.7 Å². The highest BCUT2D eigenvalue weighted by molar-refractivity contribution is 9.10. The lowest BCUT2D eigenvalue weighted by Gasteiger charge is -2.44. The minimum Gasteiger partial charge on any atom is -0.469 e. The first-order valence-electron chi connectivity index (χ1n) is 8.69. The second kappa shape index (κ2) is 7.06. The molecule has 1 aliphatic carbocycles. The van der Waals surface area contributed by atoms with Gasteiger partial charge >= 0.3 is 5.97 Å². The van der Waals surface area contributed by atoms with Crippen molar-refractivity contribution in [2.75, 3.05) is 7.11 Å². The molecule has 1 N–H and O–H groups in total. The number of benzene rings is 1. The van der Waals surface area contributed by atoms with Gasteiger partial charge in [0.1, 0.15) is 10.6 Å². The molecule has 1 heterocycles. The van der Waals surface area contributed by atoms with E-state index in [1.54, 1.807) is 0 Å². The smallest absolute Gasteiger partial charge is 0.309 e. The molecule has 1 aromatic heterocycles. The quantitative estimate of drug-likeness (QED) is 0.680. The van der Waals surface area contributed by atoms with Crippen molar-refractivity contribution in [1.29, 1.82) is 0 Å². The maximum atomic E-state index is 12.1. The predicted molar refractivity (Wildman–Crippen MR) is 107 cm³/mol. The number of aryl methyl sites for hydroxylation is 1. The van der Waals surface area contributed by atoms with Gasteiger partial charge in [-0.1, -0.05) is 35.8 Å². The Hall–Kier alpha value is -1.24. The van der Waals surface area contributed by atoms with E-state index in [1.165, 1.54) is 24.0 Å². The predicted octanol–water partition coefficient (Wildman–Crippen LogP) is 5.07. The largest absolute Gasteiger partial charge is 0.469 e. The molecule has 2 aromatic rings. The van der Waals surface area contributed by atoms with Crippen molar-refractivity contribution in [3.05, 3.63) is 39.4 Å². The molecule has 2 unspecified atom stereocenters. The second-order valence-corrected chi connectivity index (χ2v) is 9.80. The van der Waals surface area contributed by atoms with E-state index in [9.17, 15) is 9.90 Å². The van der Waals surface area contributed by atoms with Gasteiger partial charge in [-0.15, -0.1) is 11.3 Å². The Bertz CT molecular complexity index is 812. The fraction of sp³-hybridized carbons (Fsp3) is 0.500. The number of rotatable bonds is 3. The molecule has 1 saturated carbocycles. The van der Waals surface area contributed by atoms with Crippen molar-refractivity contribution >= 4 is 33.2 Å². The van der Waals surface area contributed by atoms with Gasteiger partial charge in [-0.25, -0.2) is 4.98 Å². The van der Waals surface area contributed by atoms with Crippen molar-refractivity contribution < 1.29 is 14.6 Å². The van der Waals surface area contributed by atoms with Crippen LogP contribution in [0, 0.1) is 18.3 Å². The van der Waals surface area contributed by atoms with Crippen LogP contribution in [0.15, 0.2) is 28.9 Å². The summed E-state index contributed by atoms with van der Waals surface area (Å²) in [4.78, 5) is 17.6. The zero-order valence-corrected chi connectivity index (χ0v) is 17.9. The molecule has 0 saturated heterocycles. The number of ether oxygens (including phenoxy) is 1. The van der Waals surface area contributed by atoms with Gasteiger partial charge in [0, 0.05) is 10.7 Å². The fourth-order valence-electron chi connectivity index (χ4n) is 4.00. The molecule has 140 valence electrons. The Labute approximate surface area is 166 Å².